The van der Waals surface area contributed by atoms with Crippen molar-refractivity contribution in [3.8, 4) is 28.4 Å². The van der Waals surface area contributed by atoms with Crippen molar-refractivity contribution in [2.24, 2.45) is 0 Å². The molecule has 8 nitrogen and oxygen atoms in total. The van der Waals surface area contributed by atoms with Gasteiger partial charge in [0, 0.05) is 11.1 Å². The van der Waals surface area contributed by atoms with Crippen molar-refractivity contribution in [1.29, 1.82) is 0 Å². The average Bonchev–Trinajstić information content (AvgIpc) is 3.44. The zero-order valence-electron chi connectivity index (χ0n) is 22.8. The maximum absolute atomic E-state index is 13.9. The van der Waals surface area contributed by atoms with Crippen LogP contribution in [0.5, 0.6) is 17.2 Å². The quantitative estimate of drug-likeness (QED) is 0.191. The third-order valence-electron chi connectivity index (χ3n) is 6.88. The number of ether oxygens (including phenoxy) is 3. The van der Waals surface area contributed by atoms with E-state index in [4.69, 9.17) is 14.2 Å². The number of nitrogens with zero attached hydrogens (tertiary/aromatic N) is 1. The summed E-state index contributed by atoms with van der Waals surface area (Å²) in [7, 11) is 1.53. The van der Waals surface area contributed by atoms with Crippen LogP contribution in [-0.4, -0.2) is 27.8 Å². The van der Waals surface area contributed by atoms with Crippen LogP contribution in [0.2, 0.25) is 0 Å². The van der Waals surface area contributed by atoms with Crippen LogP contribution >= 0.6 is 0 Å². The van der Waals surface area contributed by atoms with E-state index in [0.717, 1.165) is 11.1 Å². The molecule has 8 heteroatoms. The smallest absolute Gasteiger partial charge is 0.260 e. The molecule has 2 N–H and O–H groups in total. The largest absolute Gasteiger partial charge is 0.493 e. The fraction of sp³-hybridized carbons (Fsp3) is 0.0882. The van der Waals surface area contributed by atoms with Crippen LogP contribution in [0.3, 0.4) is 0 Å². The highest BCUT2D eigenvalue weighted by atomic mass is 16.5. The van der Waals surface area contributed by atoms with Crippen LogP contribution in [0.25, 0.3) is 22.2 Å². The predicted molar refractivity (Wildman–Crippen MR) is 160 cm³/mol. The average molecular weight is 558 g/mol. The third-order valence-corrected chi connectivity index (χ3v) is 6.88. The van der Waals surface area contributed by atoms with E-state index in [2.05, 4.69) is 15.0 Å². The maximum Gasteiger partial charge on any atom is 0.260 e. The molecular formula is C34H27N3O5. The van der Waals surface area contributed by atoms with Crippen LogP contribution in [0.15, 0.2) is 114 Å². The molecule has 0 amide bonds. The van der Waals surface area contributed by atoms with E-state index < -0.39 is 0 Å². The Morgan fingerprint density at radius 3 is 2.12 bits per heavy atom. The Balaban J connectivity index is 1.31. The first-order chi connectivity index (χ1) is 20.6. The molecular weight excluding hydrogens is 530 g/mol. The molecule has 2 heterocycles. The van der Waals surface area contributed by atoms with E-state index >= 15 is 0 Å². The van der Waals surface area contributed by atoms with Crippen molar-refractivity contribution in [1.82, 2.24) is 15.0 Å². The van der Waals surface area contributed by atoms with Crippen molar-refractivity contribution >= 4 is 16.8 Å². The molecule has 6 aromatic rings. The van der Waals surface area contributed by atoms with Crippen LogP contribution < -0.4 is 19.8 Å². The lowest BCUT2D eigenvalue weighted by molar-refractivity contribution is 0.103. The molecule has 0 atom stereocenters. The minimum Gasteiger partial charge on any atom is -0.493 e. The number of benzene rings is 4. The number of H-pyrrole nitrogens is 2. The van der Waals surface area contributed by atoms with Crippen molar-refractivity contribution in [2.45, 2.75) is 13.2 Å². The van der Waals surface area contributed by atoms with Crippen LogP contribution in [0.4, 0.5) is 0 Å². The number of hydrogen-bond donors (Lipinski definition) is 2. The highest BCUT2D eigenvalue weighted by Crippen LogP contribution is 2.34. The number of fused-ring (bicyclic) bond motifs is 1. The fourth-order valence-corrected chi connectivity index (χ4v) is 4.76. The summed E-state index contributed by atoms with van der Waals surface area (Å²) in [6, 6.07) is 32.0. The summed E-state index contributed by atoms with van der Waals surface area (Å²) >= 11 is 0. The van der Waals surface area contributed by atoms with Gasteiger partial charge in [-0.25, -0.2) is 4.98 Å². The molecule has 0 bridgehead atoms. The van der Waals surface area contributed by atoms with Crippen LogP contribution in [-0.2, 0) is 13.2 Å². The number of aromatic nitrogens is 3. The fourth-order valence-electron chi connectivity index (χ4n) is 4.76. The molecule has 42 heavy (non-hydrogen) atoms. The van der Waals surface area contributed by atoms with E-state index in [0.29, 0.717) is 58.2 Å². The number of rotatable bonds is 10. The summed E-state index contributed by atoms with van der Waals surface area (Å²) in [4.78, 5) is 36.8. The van der Waals surface area contributed by atoms with E-state index in [9.17, 15) is 9.59 Å². The first-order valence-corrected chi connectivity index (χ1v) is 13.4. The Bertz CT molecular complexity index is 1900. The SMILES string of the molecule is COc1cc(C(=O)c2[nH]c3nc[nH]c(=O)c3c2-c2ccc(OCc3ccccc3)cc2)ccc1OCc1ccccc1. The van der Waals surface area contributed by atoms with Gasteiger partial charge in [0.15, 0.2) is 11.5 Å². The summed E-state index contributed by atoms with van der Waals surface area (Å²) in [5.74, 6) is 1.28. The van der Waals surface area contributed by atoms with Crippen molar-refractivity contribution in [2.75, 3.05) is 7.11 Å². The molecule has 2 aromatic heterocycles. The van der Waals surface area contributed by atoms with Gasteiger partial charge in [-0.15, -0.1) is 0 Å². The lowest BCUT2D eigenvalue weighted by atomic mass is 9.98. The molecule has 0 radical (unpaired) electrons. The summed E-state index contributed by atoms with van der Waals surface area (Å²) in [6.07, 6.45) is 1.31. The third kappa shape index (κ3) is 5.51. The van der Waals surface area contributed by atoms with Gasteiger partial charge in [0.25, 0.3) is 5.56 Å². The molecule has 0 aliphatic heterocycles. The number of aromatic amines is 2. The Morgan fingerprint density at radius 1 is 0.786 bits per heavy atom. The first kappa shape index (κ1) is 26.6. The van der Waals surface area contributed by atoms with Crippen LogP contribution in [0.1, 0.15) is 27.2 Å². The van der Waals surface area contributed by atoms with Gasteiger partial charge in [-0.2, -0.15) is 0 Å². The molecule has 0 unspecified atom stereocenters. The Labute approximate surface area is 241 Å². The second-order valence-corrected chi connectivity index (χ2v) is 9.60. The standard InChI is InChI=1S/C34H27N3O5/c1-40-28-18-25(14-17-27(28)42-20-23-10-6-3-7-11-23)32(38)31-29(30-33(37-31)35-21-36-34(30)39)24-12-15-26(16-13-24)41-19-22-8-4-2-5-9-22/h2-18,21H,19-20H2,1H3,(H2,35,36,37,39). The molecule has 6 rings (SSSR count). The molecule has 0 saturated carbocycles. The van der Waals surface area contributed by atoms with Crippen LogP contribution in [0, 0.1) is 0 Å². The minimum absolute atomic E-state index is 0.243. The highest BCUT2D eigenvalue weighted by Gasteiger charge is 2.24. The van der Waals surface area contributed by atoms with Gasteiger partial charge in [0.2, 0.25) is 5.78 Å². The molecule has 0 aliphatic rings. The molecule has 208 valence electrons. The van der Waals surface area contributed by atoms with Gasteiger partial charge in [0.05, 0.1) is 24.5 Å². The monoisotopic (exact) mass is 557 g/mol. The molecule has 4 aromatic carbocycles. The van der Waals surface area contributed by atoms with E-state index in [-0.39, 0.29) is 17.0 Å². The number of methoxy groups -OCH3 is 1. The summed E-state index contributed by atoms with van der Waals surface area (Å²) in [5, 5.41) is 0.300. The van der Waals surface area contributed by atoms with Gasteiger partial charge < -0.3 is 24.2 Å². The lowest BCUT2D eigenvalue weighted by Gasteiger charge is -2.12. The van der Waals surface area contributed by atoms with E-state index in [1.807, 2.05) is 84.9 Å². The molecule has 0 aliphatic carbocycles. The molecule has 0 fully saturated rings. The zero-order chi connectivity index (χ0) is 28.9. The zero-order valence-corrected chi connectivity index (χ0v) is 22.8. The van der Waals surface area contributed by atoms with E-state index in [1.165, 1.54) is 13.4 Å². The number of carbonyl (C=O) groups is 1. The maximum atomic E-state index is 13.9. The molecule has 0 spiro atoms. The summed E-state index contributed by atoms with van der Waals surface area (Å²) in [5.41, 5.74) is 3.77. The second-order valence-electron chi connectivity index (χ2n) is 9.60. The first-order valence-electron chi connectivity index (χ1n) is 13.4. The normalized spacial score (nSPS) is 10.9. The Hall–Kier alpha value is -5.63. The summed E-state index contributed by atoms with van der Waals surface area (Å²) in [6.45, 7) is 0.781. The Morgan fingerprint density at radius 2 is 1.45 bits per heavy atom. The molecule has 0 saturated heterocycles. The minimum atomic E-state index is -0.350. The Kier molecular flexibility index (Phi) is 7.50. The van der Waals surface area contributed by atoms with Gasteiger partial charge in [-0.05, 0) is 47.0 Å². The van der Waals surface area contributed by atoms with Gasteiger partial charge in [-0.3, -0.25) is 9.59 Å². The van der Waals surface area contributed by atoms with Crippen molar-refractivity contribution in [3.63, 3.8) is 0 Å². The van der Waals surface area contributed by atoms with E-state index in [1.54, 1.807) is 18.2 Å². The summed E-state index contributed by atoms with van der Waals surface area (Å²) < 4.78 is 17.4. The topological polar surface area (TPSA) is 106 Å². The predicted octanol–water partition coefficient (Wildman–Crippen LogP) is 6.32. The lowest BCUT2D eigenvalue weighted by Crippen LogP contribution is -2.07. The van der Waals surface area contributed by atoms with Crippen molar-refractivity contribution in [3.05, 3.63) is 142 Å². The van der Waals surface area contributed by atoms with Gasteiger partial charge >= 0.3 is 0 Å². The van der Waals surface area contributed by atoms with Crippen molar-refractivity contribution < 1.29 is 19.0 Å². The van der Waals surface area contributed by atoms with Gasteiger partial charge in [-0.1, -0.05) is 72.8 Å². The highest BCUT2D eigenvalue weighted by molar-refractivity contribution is 6.16. The number of hydrogen-bond acceptors (Lipinski definition) is 6. The number of ketones is 1. The number of nitrogens with one attached hydrogen (secondary N) is 2. The number of carbonyl (C=O) groups excluding carboxylic acids is 1. The second kappa shape index (κ2) is 11.9. The van der Waals surface area contributed by atoms with Gasteiger partial charge in [0.1, 0.15) is 24.6 Å².